The van der Waals surface area contributed by atoms with Crippen molar-refractivity contribution in [1.29, 1.82) is 0 Å². The molecule has 27 heavy (non-hydrogen) atoms. The molecule has 0 bridgehead atoms. The van der Waals surface area contributed by atoms with Gasteiger partial charge in [0.25, 0.3) is 5.91 Å². The second kappa shape index (κ2) is 6.48. The van der Waals surface area contributed by atoms with Gasteiger partial charge in [-0.3, -0.25) is 9.59 Å². The van der Waals surface area contributed by atoms with Gasteiger partial charge in [-0.2, -0.15) is 0 Å². The van der Waals surface area contributed by atoms with Crippen LogP contribution in [-0.4, -0.2) is 62.8 Å². The van der Waals surface area contributed by atoms with Gasteiger partial charge in [0, 0.05) is 49.5 Å². The Morgan fingerprint density at radius 1 is 0.926 bits per heavy atom. The standard InChI is InChI=1S/C20H23N5O2/c26-19(14-2-1-3-14)23-10-16-12-24(13-17(16)11-23)20(27)15-4-6-18(7-5-15)25-9-8-21-22-25/h4-9,14,16-17H,1-3,10-13H2/t16-,17+. The van der Waals surface area contributed by atoms with E-state index < -0.39 is 0 Å². The molecule has 3 heterocycles. The third kappa shape index (κ3) is 2.91. The Bertz CT molecular complexity index is 830. The lowest BCUT2D eigenvalue weighted by Crippen LogP contribution is -2.40. The average Bonchev–Trinajstić information content (AvgIpc) is 3.35. The van der Waals surface area contributed by atoms with Crippen molar-refractivity contribution in [3.63, 3.8) is 0 Å². The van der Waals surface area contributed by atoms with Crippen molar-refractivity contribution in [2.75, 3.05) is 26.2 Å². The second-order valence-electron chi connectivity index (χ2n) is 8.00. The van der Waals surface area contributed by atoms with Crippen LogP contribution in [0.1, 0.15) is 29.6 Å². The molecule has 0 N–H and O–H groups in total. The van der Waals surface area contributed by atoms with Gasteiger partial charge >= 0.3 is 0 Å². The third-order valence-electron chi connectivity index (χ3n) is 6.34. The second-order valence-corrected chi connectivity index (χ2v) is 8.00. The number of amides is 2. The molecule has 3 fully saturated rings. The third-order valence-corrected chi connectivity index (χ3v) is 6.34. The Balaban J connectivity index is 1.21. The molecule has 2 aromatic rings. The molecule has 2 amide bonds. The fourth-order valence-electron chi connectivity index (χ4n) is 4.54. The maximum absolute atomic E-state index is 12.9. The van der Waals surface area contributed by atoms with E-state index in [0.717, 1.165) is 44.7 Å². The summed E-state index contributed by atoms with van der Waals surface area (Å²) in [6.45, 7) is 3.13. The maximum Gasteiger partial charge on any atom is 0.253 e. The molecule has 1 saturated carbocycles. The van der Waals surface area contributed by atoms with Gasteiger partial charge in [0.1, 0.15) is 0 Å². The minimum atomic E-state index is 0.0754. The topological polar surface area (TPSA) is 71.3 Å². The van der Waals surface area contributed by atoms with Crippen LogP contribution in [0, 0.1) is 17.8 Å². The van der Waals surface area contributed by atoms with E-state index in [1.54, 1.807) is 17.1 Å². The zero-order valence-corrected chi connectivity index (χ0v) is 15.2. The van der Waals surface area contributed by atoms with E-state index in [-0.39, 0.29) is 11.8 Å². The molecule has 0 unspecified atom stereocenters. The van der Waals surface area contributed by atoms with Crippen molar-refractivity contribution in [2.45, 2.75) is 19.3 Å². The molecule has 1 aromatic carbocycles. The predicted molar refractivity (Wildman–Crippen MR) is 98.2 cm³/mol. The number of benzene rings is 1. The van der Waals surface area contributed by atoms with Gasteiger partial charge in [-0.05, 0) is 37.1 Å². The van der Waals surface area contributed by atoms with E-state index in [4.69, 9.17) is 0 Å². The summed E-state index contributed by atoms with van der Waals surface area (Å²) in [4.78, 5) is 29.3. The van der Waals surface area contributed by atoms with Gasteiger partial charge in [-0.15, -0.1) is 5.10 Å². The fraction of sp³-hybridized carbons (Fsp3) is 0.500. The zero-order valence-electron chi connectivity index (χ0n) is 15.2. The Labute approximate surface area is 157 Å². The monoisotopic (exact) mass is 365 g/mol. The number of nitrogens with zero attached hydrogens (tertiary/aromatic N) is 5. The predicted octanol–water partition coefficient (Wildman–Crippen LogP) is 1.60. The first-order valence-corrected chi connectivity index (χ1v) is 9.74. The number of hydrogen-bond donors (Lipinski definition) is 0. The van der Waals surface area contributed by atoms with Gasteiger partial charge in [0.2, 0.25) is 5.91 Å². The number of rotatable bonds is 3. The largest absolute Gasteiger partial charge is 0.342 e. The normalized spacial score (nSPS) is 24.7. The van der Waals surface area contributed by atoms with Crippen molar-refractivity contribution in [1.82, 2.24) is 24.8 Å². The summed E-state index contributed by atoms with van der Waals surface area (Å²) in [6.07, 6.45) is 6.70. The van der Waals surface area contributed by atoms with Crippen LogP contribution in [0.25, 0.3) is 5.69 Å². The summed E-state index contributed by atoms with van der Waals surface area (Å²) >= 11 is 0. The molecule has 7 heteroatoms. The highest BCUT2D eigenvalue weighted by molar-refractivity contribution is 5.94. The van der Waals surface area contributed by atoms with Crippen LogP contribution < -0.4 is 0 Å². The van der Waals surface area contributed by atoms with E-state index in [9.17, 15) is 9.59 Å². The van der Waals surface area contributed by atoms with Gasteiger partial charge in [-0.25, -0.2) is 4.68 Å². The summed E-state index contributed by atoms with van der Waals surface area (Å²) in [5.41, 5.74) is 1.58. The molecule has 2 atom stereocenters. The van der Waals surface area contributed by atoms with Gasteiger partial charge < -0.3 is 9.80 Å². The molecule has 2 aliphatic heterocycles. The molecule has 0 radical (unpaired) electrons. The average molecular weight is 365 g/mol. The van der Waals surface area contributed by atoms with Crippen LogP contribution in [0.5, 0.6) is 0 Å². The highest BCUT2D eigenvalue weighted by Gasteiger charge is 2.44. The minimum Gasteiger partial charge on any atom is -0.342 e. The summed E-state index contributed by atoms with van der Waals surface area (Å²) in [5.74, 6) is 1.54. The summed E-state index contributed by atoms with van der Waals surface area (Å²) in [7, 11) is 0. The van der Waals surface area contributed by atoms with Crippen molar-refractivity contribution in [2.24, 2.45) is 17.8 Å². The first-order valence-electron chi connectivity index (χ1n) is 9.74. The molecule has 3 aliphatic rings. The molecular weight excluding hydrogens is 342 g/mol. The maximum atomic E-state index is 12.9. The lowest BCUT2D eigenvalue weighted by atomic mass is 9.84. The first kappa shape index (κ1) is 16.5. The molecular formula is C20H23N5O2. The lowest BCUT2D eigenvalue weighted by Gasteiger charge is -2.30. The highest BCUT2D eigenvalue weighted by atomic mass is 16.2. The Hall–Kier alpha value is -2.70. The zero-order chi connectivity index (χ0) is 18.4. The number of carbonyl (C=O) groups excluding carboxylic acids is 2. The van der Waals surface area contributed by atoms with Crippen molar-refractivity contribution in [3.05, 3.63) is 42.2 Å². The minimum absolute atomic E-state index is 0.0754. The Morgan fingerprint density at radius 3 is 2.15 bits per heavy atom. The van der Waals surface area contributed by atoms with E-state index in [1.165, 1.54) is 6.42 Å². The summed E-state index contributed by atoms with van der Waals surface area (Å²) in [5, 5.41) is 7.76. The summed E-state index contributed by atoms with van der Waals surface area (Å²) in [6, 6.07) is 7.47. The number of fused-ring (bicyclic) bond motifs is 1. The highest BCUT2D eigenvalue weighted by Crippen LogP contribution is 2.35. The van der Waals surface area contributed by atoms with Crippen LogP contribution in [0.4, 0.5) is 0 Å². The van der Waals surface area contributed by atoms with Crippen LogP contribution in [0.2, 0.25) is 0 Å². The SMILES string of the molecule is O=C(c1ccc(-n2ccnn2)cc1)N1C[C@@H]2CN(C(=O)C3CCC3)C[C@@H]2C1. The Morgan fingerprint density at radius 2 is 1.59 bits per heavy atom. The number of carbonyl (C=O) groups is 2. The van der Waals surface area contributed by atoms with Gasteiger partial charge in [0.15, 0.2) is 0 Å². The van der Waals surface area contributed by atoms with Crippen molar-refractivity contribution in [3.8, 4) is 5.69 Å². The lowest BCUT2D eigenvalue weighted by molar-refractivity contribution is -0.137. The fourth-order valence-corrected chi connectivity index (χ4v) is 4.54. The molecule has 0 spiro atoms. The van der Waals surface area contributed by atoms with E-state index in [1.807, 2.05) is 34.1 Å². The molecule has 140 valence electrons. The molecule has 1 aliphatic carbocycles. The van der Waals surface area contributed by atoms with E-state index >= 15 is 0 Å². The van der Waals surface area contributed by atoms with E-state index in [2.05, 4.69) is 10.3 Å². The van der Waals surface area contributed by atoms with Crippen LogP contribution in [-0.2, 0) is 4.79 Å². The van der Waals surface area contributed by atoms with Gasteiger partial charge in [0.05, 0.1) is 18.1 Å². The Kier molecular flexibility index (Phi) is 3.95. The number of likely N-dealkylation sites (tertiary alicyclic amines) is 2. The number of hydrogen-bond acceptors (Lipinski definition) is 4. The van der Waals surface area contributed by atoms with Crippen LogP contribution >= 0.6 is 0 Å². The van der Waals surface area contributed by atoms with E-state index in [0.29, 0.717) is 23.3 Å². The van der Waals surface area contributed by atoms with Crippen molar-refractivity contribution >= 4 is 11.8 Å². The summed E-state index contributed by atoms with van der Waals surface area (Å²) < 4.78 is 1.67. The molecule has 1 aromatic heterocycles. The molecule has 2 saturated heterocycles. The van der Waals surface area contributed by atoms with Crippen LogP contribution in [0.3, 0.4) is 0 Å². The molecule has 5 rings (SSSR count). The smallest absolute Gasteiger partial charge is 0.253 e. The quantitative estimate of drug-likeness (QED) is 0.828. The van der Waals surface area contributed by atoms with Crippen molar-refractivity contribution < 1.29 is 9.59 Å². The van der Waals surface area contributed by atoms with Crippen LogP contribution in [0.15, 0.2) is 36.7 Å². The van der Waals surface area contributed by atoms with Gasteiger partial charge in [-0.1, -0.05) is 11.6 Å². The molecule has 7 nitrogen and oxygen atoms in total. The first-order chi connectivity index (χ1) is 13.2. The number of aromatic nitrogens is 3.